The van der Waals surface area contributed by atoms with Gasteiger partial charge in [-0.05, 0) is 44.1 Å². The van der Waals surface area contributed by atoms with Crippen molar-refractivity contribution < 1.29 is 14.1 Å². The summed E-state index contributed by atoms with van der Waals surface area (Å²) in [6.45, 7) is 2.81. The molecule has 1 amide bonds. The maximum Gasteiger partial charge on any atom is 0.292 e. The highest BCUT2D eigenvalue weighted by atomic mass is 16.6. The highest BCUT2D eigenvalue weighted by molar-refractivity contribution is 5.76. The first kappa shape index (κ1) is 19.9. The van der Waals surface area contributed by atoms with Crippen LogP contribution >= 0.6 is 0 Å². The van der Waals surface area contributed by atoms with Gasteiger partial charge in [0, 0.05) is 25.6 Å². The van der Waals surface area contributed by atoms with E-state index in [1.165, 1.54) is 12.5 Å². The third kappa shape index (κ3) is 5.32. The van der Waals surface area contributed by atoms with Crippen LogP contribution in [0.2, 0.25) is 0 Å². The molecule has 1 aliphatic rings. The molecule has 0 spiro atoms. The molecule has 0 bridgehead atoms. The van der Waals surface area contributed by atoms with Crippen LogP contribution in [0.5, 0.6) is 0 Å². The maximum atomic E-state index is 12.3. The van der Waals surface area contributed by atoms with Gasteiger partial charge in [0.2, 0.25) is 5.91 Å². The fraction of sp³-hybridized carbons (Fsp3) is 0.450. The highest BCUT2D eigenvalue weighted by Gasteiger charge is 2.24. The number of nitro groups is 1. The number of hydrogen-bond donors (Lipinski definition) is 2. The Bertz CT molecular complexity index is 772. The number of rotatable bonds is 9. The zero-order valence-electron chi connectivity index (χ0n) is 15.8. The maximum absolute atomic E-state index is 12.3. The van der Waals surface area contributed by atoms with Crippen molar-refractivity contribution in [3.05, 3.63) is 58.5 Å². The molecule has 0 saturated carbocycles. The van der Waals surface area contributed by atoms with Gasteiger partial charge in [0.25, 0.3) is 5.69 Å². The molecule has 1 aliphatic heterocycles. The van der Waals surface area contributed by atoms with Crippen LogP contribution in [0.4, 0.5) is 11.4 Å². The van der Waals surface area contributed by atoms with Crippen LogP contribution in [0.15, 0.2) is 47.1 Å². The van der Waals surface area contributed by atoms with Crippen molar-refractivity contribution >= 4 is 17.3 Å². The molecular weight excluding hydrogens is 360 g/mol. The summed E-state index contributed by atoms with van der Waals surface area (Å²) in [5.41, 5.74) is 0.424. The first-order valence-electron chi connectivity index (χ1n) is 9.66. The van der Waals surface area contributed by atoms with Gasteiger partial charge in [-0.25, -0.2) is 0 Å². The third-order valence-corrected chi connectivity index (χ3v) is 4.96. The fourth-order valence-electron chi connectivity index (χ4n) is 3.51. The Morgan fingerprint density at radius 2 is 1.96 bits per heavy atom. The van der Waals surface area contributed by atoms with E-state index in [2.05, 4.69) is 15.5 Å². The predicted molar refractivity (Wildman–Crippen MR) is 106 cm³/mol. The largest absolute Gasteiger partial charge is 0.468 e. The van der Waals surface area contributed by atoms with Crippen molar-refractivity contribution in [1.82, 2.24) is 10.2 Å². The van der Waals surface area contributed by atoms with Crippen molar-refractivity contribution in [1.29, 1.82) is 0 Å². The Hall–Kier alpha value is -2.87. The van der Waals surface area contributed by atoms with Gasteiger partial charge in [-0.1, -0.05) is 18.6 Å². The molecule has 8 heteroatoms. The number of nitro benzene ring substituents is 1. The van der Waals surface area contributed by atoms with Gasteiger partial charge in [0.05, 0.1) is 17.2 Å². The molecule has 28 heavy (non-hydrogen) atoms. The second-order valence-electron chi connectivity index (χ2n) is 6.88. The summed E-state index contributed by atoms with van der Waals surface area (Å²) in [7, 11) is 0. The van der Waals surface area contributed by atoms with E-state index in [0.29, 0.717) is 18.8 Å². The van der Waals surface area contributed by atoms with Crippen molar-refractivity contribution in [2.24, 2.45) is 0 Å². The van der Waals surface area contributed by atoms with Crippen molar-refractivity contribution in [2.75, 3.05) is 31.5 Å². The normalized spacial score (nSPS) is 15.7. The number of carbonyl (C=O) groups is 1. The Labute approximate surface area is 164 Å². The third-order valence-electron chi connectivity index (χ3n) is 4.96. The van der Waals surface area contributed by atoms with Crippen LogP contribution in [0, 0.1) is 10.1 Å². The summed E-state index contributed by atoms with van der Waals surface area (Å²) in [6.07, 6.45) is 5.45. The number of nitrogens with one attached hydrogen (secondary N) is 2. The molecule has 1 aromatic heterocycles. The smallest absolute Gasteiger partial charge is 0.292 e. The number of amides is 1. The van der Waals surface area contributed by atoms with Gasteiger partial charge in [-0.3, -0.25) is 19.8 Å². The minimum Gasteiger partial charge on any atom is -0.468 e. The average Bonchev–Trinajstić information content (AvgIpc) is 3.24. The molecule has 1 saturated heterocycles. The molecule has 2 heterocycles. The van der Waals surface area contributed by atoms with Crippen molar-refractivity contribution in [3.63, 3.8) is 0 Å². The number of likely N-dealkylation sites (tertiary alicyclic amines) is 1. The molecule has 1 aromatic carbocycles. The summed E-state index contributed by atoms with van der Waals surface area (Å²) in [6, 6.07) is 10.3. The summed E-state index contributed by atoms with van der Waals surface area (Å²) in [5.74, 6) is 0.764. The predicted octanol–water partition coefficient (Wildman–Crippen LogP) is 3.33. The molecule has 150 valence electrons. The van der Waals surface area contributed by atoms with Crippen LogP contribution in [-0.4, -0.2) is 41.9 Å². The number of hydrogen-bond acceptors (Lipinski definition) is 6. The molecule has 8 nitrogen and oxygen atoms in total. The highest BCUT2D eigenvalue weighted by Crippen LogP contribution is 2.25. The van der Waals surface area contributed by atoms with Gasteiger partial charge in [0.1, 0.15) is 11.4 Å². The second-order valence-corrected chi connectivity index (χ2v) is 6.88. The lowest BCUT2D eigenvalue weighted by Gasteiger charge is -2.33. The Morgan fingerprint density at radius 1 is 1.18 bits per heavy atom. The number of piperidine rings is 1. The minimum absolute atomic E-state index is 0.00545. The van der Waals surface area contributed by atoms with E-state index in [4.69, 9.17) is 4.42 Å². The molecule has 2 N–H and O–H groups in total. The van der Waals surface area contributed by atoms with Gasteiger partial charge >= 0.3 is 0 Å². The van der Waals surface area contributed by atoms with E-state index in [9.17, 15) is 14.9 Å². The summed E-state index contributed by atoms with van der Waals surface area (Å²) in [5, 5.41) is 17.0. The van der Waals surface area contributed by atoms with Crippen LogP contribution < -0.4 is 10.6 Å². The lowest BCUT2D eigenvalue weighted by molar-refractivity contribution is -0.384. The van der Waals surface area contributed by atoms with E-state index in [0.717, 1.165) is 31.7 Å². The summed E-state index contributed by atoms with van der Waals surface area (Å²) in [4.78, 5) is 25.2. The number of nitrogens with zero attached hydrogens (tertiary/aromatic N) is 2. The van der Waals surface area contributed by atoms with Gasteiger partial charge in [-0.15, -0.1) is 0 Å². The van der Waals surface area contributed by atoms with Crippen LogP contribution in [0.1, 0.15) is 37.5 Å². The first-order valence-corrected chi connectivity index (χ1v) is 9.66. The molecule has 1 fully saturated rings. The monoisotopic (exact) mass is 386 g/mol. The first-order chi connectivity index (χ1) is 13.6. The van der Waals surface area contributed by atoms with Crippen LogP contribution in [0.25, 0.3) is 0 Å². The van der Waals surface area contributed by atoms with E-state index in [1.54, 1.807) is 24.5 Å². The molecule has 2 aromatic rings. The SMILES string of the molecule is O=C(CCNc1ccccc1[N+](=O)[O-])NCC(c1ccco1)N1CCCCC1. The Balaban J connectivity index is 1.49. The van der Waals surface area contributed by atoms with Crippen molar-refractivity contribution in [2.45, 2.75) is 31.7 Å². The zero-order chi connectivity index (χ0) is 19.8. The van der Waals surface area contributed by atoms with Crippen molar-refractivity contribution in [3.8, 4) is 0 Å². The Morgan fingerprint density at radius 3 is 2.68 bits per heavy atom. The molecule has 0 radical (unpaired) electrons. The molecule has 3 rings (SSSR count). The molecule has 1 atom stereocenters. The fourth-order valence-corrected chi connectivity index (χ4v) is 3.51. The minimum atomic E-state index is -0.436. The molecule has 1 unspecified atom stereocenters. The lowest BCUT2D eigenvalue weighted by Crippen LogP contribution is -2.40. The topological polar surface area (TPSA) is 101 Å². The average molecular weight is 386 g/mol. The van der Waals surface area contributed by atoms with Crippen LogP contribution in [0.3, 0.4) is 0 Å². The van der Waals surface area contributed by atoms with E-state index in [1.807, 2.05) is 12.1 Å². The van der Waals surface area contributed by atoms with Gasteiger partial charge < -0.3 is 15.1 Å². The zero-order valence-corrected chi connectivity index (χ0v) is 15.8. The van der Waals surface area contributed by atoms with E-state index in [-0.39, 0.29) is 24.1 Å². The number of para-hydroxylation sites is 2. The van der Waals surface area contributed by atoms with E-state index < -0.39 is 4.92 Å². The summed E-state index contributed by atoms with van der Waals surface area (Å²) < 4.78 is 5.59. The number of benzene rings is 1. The lowest BCUT2D eigenvalue weighted by atomic mass is 10.1. The quantitative estimate of drug-likeness (QED) is 0.506. The number of anilines is 1. The summed E-state index contributed by atoms with van der Waals surface area (Å²) >= 11 is 0. The Kier molecular flexibility index (Phi) is 7.02. The standard InChI is InChI=1S/C20H26N4O4/c25-20(10-11-21-16-7-2-3-8-17(16)24(26)27)22-15-18(19-9-6-14-28-19)23-12-4-1-5-13-23/h2-3,6-9,14,18,21H,1,4-5,10-13,15H2,(H,22,25). The van der Waals surface area contributed by atoms with Crippen LogP contribution in [-0.2, 0) is 4.79 Å². The van der Waals surface area contributed by atoms with E-state index >= 15 is 0 Å². The number of furan rings is 1. The number of carbonyl (C=O) groups excluding carboxylic acids is 1. The second kappa shape index (κ2) is 9.89. The molecular formula is C20H26N4O4. The van der Waals surface area contributed by atoms with Gasteiger partial charge in [-0.2, -0.15) is 0 Å². The molecule has 0 aliphatic carbocycles. The van der Waals surface area contributed by atoms with Gasteiger partial charge in [0.15, 0.2) is 0 Å².